The number of nitrogens with zero attached hydrogens (tertiary/aromatic N) is 4. The Kier molecular flexibility index (Phi) is 5.95. The lowest BCUT2D eigenvalue weighted by Gasteiger charge is -2.41. The minimum atomic E-state index is -0.245. The summed E-state index contributed by atoms with van der Waals surface area (Å²) < 4.78 is 7.42. The number of ether oxygens (including phenoxy) is 1. The second kappa shape index (κ2) is 8.87. The quantitative estimate of drug-likeness (QED) is 0.774. The van der Waals surface area contributed by atoms with Crippen LogP contribution in [-0.4, -0.2) is 57.7 Å². The Morgan fingerprint density at radius 3 is 2.59 bits per heavy atom. The molecule has 7 heteroatoms. The number of aryl methyl sites for hydroxylation is 1. The largest absolute Gasteiger partial charge is 0.453 e. The van der Waals surface area contributed by atoms with Gasteiger partial charge in [0, 0.05) is 43.7 Å². The van der Waals surface area contributed by atoms with Gasteiger partial charge >= 0.3 is 6.09 Å². The van der Waals surface area contributed by atoms with Gasteiger partial charge in [0.05, 0.1) is 25.0 Å². The summed E-state index contributed by atoms with van der Waals surface area (Å²) in [5.41, 5.74) is 10.1. The van der Waals surface area contributed by atoms with E-state index in [-0.39, 0.29) is 12.1 Å². The number of benzene rings is 1. The molecule has 0 saturated carbocycles. The molecule has 0 spiro atoms. The molecule has 3 aliphatic heterocycles. The summed E-state index contributed by atoms with van der Waals surface area (Å²) in [4.78, 5) is 21.5. The fraction of sp³-hybridized carbons (Fsp3) is 0.600. The van der Waals surface area contributed by atoms with E-state index in [1.165, 1.54) is 31.2 Å². The maximum absolute atomic E-state index is 12.1. The molecule has 4 heterocycles. The Bertz CT molecular complexity index is 945. The van der Waals surface area contributed by atoms with Crippen molar-refractivity contribution in [2.45, 2.75) is 76.2 Å². The van der Waals surface area contributed by atoms with E-state index in [1.54, 1.807) is 4.90 Å². The zero-order valence-corrected chi connectivity index (χ0v) is 19.2. The molecule has 3 aliphatic rings. The average molecular weight is 438 g/mol. The first kappa shape index (κ1) is 21.5. The highest BCUT2D eigenvalue weighted by Crippen LogP contribution is 2.42. The molecule has 5 rings (SSSR count). The van der Waals surface area contributed by atoms with Crippen molar-refractivity contribution >= 4 is 6.09 Å². The maximum atomic E-state index is 12.1. The molecule has 32 heavy (non-hydrogen) atoms. The normalized spacial score (nSPS) is 26.1. The van der Waals surface area contributed by atoms with Crippen LogP contribution in [0.1, 0.15) is 67.0 Å². The molecular formula is C25H35N5O2. The van der Waals surface area contributed by atoms with Gasteiger partial charge in [-0.25, -0.2) is 9.78 Å². The fourth-order valence-electron chi connectivity index (χ4n) is 6.26. The molecule has 3 unspecified atom stereocenters. The van der Waals surface area contributed by atoms with E-state index in [1.807, 2.05) is 6.07 Å². The molecular weight excluding hydrogens is 402 g/mol. The average Bonchev–Trinajstić information content (AvgIpc) is 3.27. The van der Waals surface area contributed by atoms with Gasteiger partial charge in [-0.15, -0.1) is 0 Å². The van der Waals surface area contributed by atoms with Crippen LogP contribution in [0.4, 0.5) is 4.79 Å². The van der Waals surface area contributed by atoms with E-state index in [4.69, 9.17) is 15.5 Å². The van der Waals surface area contributed by atoms with Crippen LogP contribution in [0.15, 0.2) is 30.3 Å². The Hall–Kier alpha value is -2.38. The molecule has 2 saturated heterocycles. The highest BCUT2D eigenvalue weighted by Gasteiger charge is 2.42. The van der Waals surface area contributed by atoms with Crippen molar-refractivity contribution in [3.05, 3.63) is 53.1 Å². The SMILES string of the molecule is COC(=O)N1CCc2nc(C)n(C3CC4CCC(C3)N4CCC(N)c3ccccc3)c2C1. The molecule has 7 nitrogen and oxygen atoms in total. The van der Waals surface area contributed by atoms with Crippen molar-refractivity contribution in [1.29, 1.82) is 0 Å². The summed E-state index contributed by atoms with van der Waals surface area (Å²) in [5, 5.41) is 0. The molecule has 3 atom stereocenters. The number of fused-ring (bicyclic) bond motifs is 3. The number of nitrogens with two attached hydrogens (primary N) is 1. The predicted octanol–water partition coefficient (Wildman–Crippen LogP) is 3.57. The van der Waals surface area contributed by atoms with Crippen molar-refractivity contribution in [3.63, 3.8) is 0 Å². The van der Waals surface area contributed by atoms with Gasteiger partial charge < -0.3 is 19.9 Å². The first-order valence-corrected chi connectivity index (χ1v) is 12.0. The van der Waals surface area contributed by atoms with Crippen molar-refractivity contribution < 1.29 is 9.53 Å². The second-order valence-electron chi connectivity index (χ2n) is 9.62. The summed E-state index contributed by atoms with van der Waals surface area (Å²) in [5.74, 6) is 1.09. The molecule has 0 radical (unpaired) electrons. The number of methoxy groups -OCH3 is 1. The van der Waals surface area contributed by atoms with Crippen molar-refractivity contribution in [1.82, 2.24) is 19.4 Å². The van der Waals surface area contributed by atoms with Gasteiger partial charge in [-0.2, -0.15) is 0 Å². The van der Waals surface area contributed by atoms with E-state index >= 15 is 0 Å². The summed E-state index contributed by atoms with van der Waals surface area (Å²) in [6, 6.07) is 12.2. The highest BCUT2D eigenvalue weighted by molar-refractivity contribution is 5.67. The van der Waals surface area contributed by atoms with Crippen molar-refractivity contribution in [3.8, 4) is 0 Å². The summed E-state index contributed by atoms with van der Waals surface area (Å²) >= 11 is 0. The van der Waals surface area contributed by atoms with Gasteiger partial charge in [0.2, 0.25) is 0 Å². The third kappa shape index (κ3) is 3.92. The van der Waals surface area contributed by atoms with Crippen LogP contribution in [0, 0.1) is 6.92 Å². The van der Waals surface area contributed by atoms with Crippen LogP contribution in [0.2, 0.25) is 0 Å². The van der Waals surface area contributed by atoms with Crippen LogP contribution in [0.25, 0.3) is 0 Å². The predicted molar refractivity (Wildman–Crippen MR) is 123 cm³/mol. The van der Waals surface area contributed by atoms with Crippen LogP contribution in [0.3, 0.4) is 0 Å². The number of hydrogen-bond donors (Lipinski definition) is 1. The topological polar surface area (TPSA) is 76.6 Å². The first-order valence-electron chi connectivity index (χ1n) is 12.0. The molecule has 2 N–H and O–H groups in total. The number of hydrogen-bond acceptors (Lipinski definition) is 5. The molecule has 0 aliphatic carbocycles. The number of piperidine rings is 1. The molecule has 172 valence electrons. The summed E-state index contributed by atoms with van der Waals surface area (Å²) in [6.07, 6.45) is 6.40. The smallest absolute Gasteiger partial charge is 0.409 e. The van der Waals surface area contributed by atoms with Gasteiger partial charge in [-0.05, 0) is 44.6 Å². The number of rotatable bonds is 5. The Labute approximate surface area is 190 Å². The Balaban J connectivity index is 1.27. The van der Waals surface area contributed by atoms with Crippen LogP contribution in [0.5, 0.6) is 0 Å². The van der Waals surface area contributed by atoms with E-state index < -0.39 is 0 Å². The monoisotopic (exact) mass is 437 g/mol. The molecule has 2 bridgehead atoms. The lowest BCUT2D eigenvalue weighted by Crippen LogP contribution is -2.45. The number of imidazole rings is 1. The van der Waals surface area contributed by atoms with Crippen molar-refractivity contribution in [2.24, 2.45) is 5.73 Å². The van der Waals surface area contributed by atoms with E-state index in [0.717, 1.165) is 43.7 Å². The molecule has 1 aromatic carbocycles. The Morgan fingerprint density at radius 1 is 1.19 bits per heavy atom. The number of amides is 1. The van der Waals surface area contributed by atoms with Gasteiger partial charge in [0.15, 0.2) is 0 Å². The number of carbonyl (C=O) groups excluding carboxylic acids is 1. The first-order chi connectivity index (χ1) is 15.5. The molecule has 2 aromatic rings. The van der Waals surface area contributed by atoms with Crippen LogP contribution >= 0.6 is 0 Å². The molecule has 1 aromatic heterocycles. The van der Waals surface area contributed by atoms with E-state index in [2.05, 4.69) is 40.7 Å². The third-order valence-electron chi connectivity index (χ3n) is 7.81. The maximum Gasteiger partial charge on any atom is 0.409 e. The van der Waals surface area contributed by atoms with Gasteiger partial charge in [-0.3, -0.25) is 4.90 Å². The zero-order chi connectivity index (χ0) is 22.2. The van der Waals surface area contributed by atoms with Crippen LogP contribution in [-0.2, 0) is 17.7 Å². The fourth-order valence-corrected chi connectivity index (χ4v) is 6.26. The van der Waals surface area contributed by atoms with E-state index in [0.29, 0.717) is 31.2 Å². The minimum Gasteiger partial charge on any atom is -0.453 e. The second-order valence-corrected chi connectivity index (χ2v) is 9.62. The molecule has 2 fully saturated rings. The Morgan fingerprint density at radius 2 is 1.91 bits per heavy atom. The summed E-state index contributed by atoms with van der Waals surface area (Å²) in [7, 11) is 1.46. The van der Waals surface area contributed by atoms with Gasteiger partial charge in [0.25, 0.3) is 0 Å². The standard InChI is InChI=1S/C25H35N5O2/c1-17-27-23-11-12-28(25(31)32-2)16-24(23)30(17)21-14-19-8-9-20(15-21)29(19)13-10-22(26)18-6-4-3-5-7-18/h3-7,19-22H,8-16,26H2,1-2H3. The lowest BCUT2D eigenvalue weighted by molar-refractivity contribution is 0.0974. The van der Waals surface area contributed by atoms with Crippen LogP contribution < -0.4 is 5.73 Å². The molecule has 1 amide bonds. The minimum absolute atomic E-state index is 0.0977. The van der Waals surface area contributed by atoms with Gasteiger partial charge in [-0.1, -0.05) is 30.3 Å². The van der Waals surface area contributed by atoms with Crippen molar-refractivity contribution in [2.75, 3.05) is 20.2 Å². The lowest BCUT2D eigenvalue weighted by atomic mass is 9.95. The number of aromatic nitrogens is 2. The van der Waals surface area contributed by atoms with E-state index in [9.17, 15) is 4.79 Å². The third-order valence-corrected chi connectivity index (χ3v) is 7.81. The highest BCUT2D eigenvalue weighted by atomic mass is 16.5. The number of carbonyl (C=O) groups is 1. The zero-order valence-electron chi connectivity index (χ0n) is 19.2. The van der Waals surface area contributed by atoms with Gasteiger partial charge in [0.1, 0.15) is 5.82 Å². The summed E-state index contributed by atoms with van der Waals surface area (Å²) in [6.45, 7) is 4.47.